The molecule has 0 atom stereocenters. The maximum atomic E-state index is 5.91. The Morgan fingerprint density at radius 2 is 1.52 bits per heavy atom. The Bertz CT molecular complexity index is 2190. The van der Waals surface area contributed by atoms with E-state index in [-0.39, 0.29) is 20.1 Å². The van der Waals surface area contributed by atoms with E-state index in [1.165, 1.54) is 16.8 Å². The summed E-state index contributed by atoms with van der Waals surface area (Å²) in [6.07, 6.45) is 6.66. The SMILES string of the molecule is CC(C)c1cccc(C(C)C)c1-n1c(-c2[c-]oc3ccc(-c4ccco4)cc23)nc2ccccc21.[Ir].[c-]1ccccc1-c1ccccn1. The first-order valence-electron chi connectivity index (χ1n) is 16.0. The third kappa shape index (κ3) is 6.42. The second-order valence-electron chi connectivity index (χ2n) is 12.1. The molecule has 0 aliphatic rings. The first kappa shape index (κ1) is 32.9. The van der Waals surface area contributed by atoms with Crippen molar-refractivity contribution in [3.63, 3.8) is 0 Å². The average Bonchev–Trinajstić information content (AvgIpc) is 3.88. The van der Waals surface area contributed by atoms with Crippen LogP contribution in [0.25, 0.3) is 61.7 Å². The molecule has 0 unspecified atom stereocenters. The Morgan fingerprint density at radius 3 is 2.21 bits per heavy atom. The van der Waals surface area contributed by atoms with E-state index in [9.17, 15) is 0 Å². The van der Waals surface area contributed by atoms with Gasteiger partial charge < -0.3 is 18.4 Å². The van der Waals surface area contributed by atoms with Gasteiger partial charge in [0.1, 0.15) is 5.76 Å². The van der Waals surface area contributed by atoms with E-state index in [0.717, 1.165) is 56.0 Å². The average molecular weight is 806 g/mol. The van der Waals surface area contributed by atoms with Gasteiger partial charge in [-0.25, -0.2) is 0 Å². The third-order valence-electron chi connectivity index (χ3n) is 8.32. The van der Waals surface area contributed by atoms with E-state index in [1.54, 1.807) is 12.5 Å². The minimum absolute atomic E-state index is 0. The fourth-order valence-electron chi connectivity index (χ4n) is 6.00. The number of imidazole rings is 1. The van der Waals surface area contributed by atoms with E-state index in [1.807, 2.05) is 72.8 Å². The van der Waals surface area contributed by atoms with Crippen LogP contribution in [-0.4, -0.2) is 14.5 Å². The largest absolute Gasteiger partial charge is 0.557 e. The van der Waals surface area contributed by atoms with Crippen LogP contribution in [0.1, 0.15) is 50.7 Å². The van der Waals surface area contributed by atoms with Crippen molar-refractivity contribution in [3.8, 4) is 39.7 Å². The number of furan rings is 2. The number of aromatic nitrogens is 3. The number of para-hydroxylation sites is 3. The van der Waals surface area contributed by atoms with Crippen LogP contribution >= 0.6 is 0 Å². The van der Waals surface area contributed by atoms with E-state index in [2.05, 4.69) is 92.0 Å². The fourth-order valence-corrected chi connectivity index (χ4v) is 6.00. The number of benzene rings is 4. The molecule has 0 amide bonds. The van der Waals surface area contributed by atoms with Gasteiger partial charge in [-0.3, -0.25) is 4.98 Å². The fraction of sp³-hybridized carbons (Fsp3) is 0.143. The van der Waals surface area contributed by atoms with Gasteiger partial charge in [0.2, 0.25) is 0 Å². The van der Waals surface area contributed by atoms with Crippen LogP contribution < -0.4 is 0 Å². The molecule has 4 heterocycles. The van der Waals surface area contributed by atoms with Gasteiger partial charge in [-0.2, -0.15) is 0 Å². The molecule has 241 valence electrons. The van der Waals surface area contributed by atoms with Crippen molar-refractivity contribution < 1.29 is 28.9 Å². The number of nitrogens with zero attached hydrogens (tertiary/aromatic N) is 3. The topological polar surface area (TPSA) is 57.0 Å². The molecule has 1 radical (unpaired) electrons. The number of hydrogen-bond donors (Lipinski definition) is 0. The van der Waals surface area contributed by atoms with Crippen molar-refractivity contribution >= 4 is 22.0 Å². The van der Waals surface area contributed by atoms with E-state index in [4.69, 9.17) is 13.8 Å². The maximum absolute atomic E-state index is 5.91. The van der Waals surface area contributed by atoms with Crippen molar-refractivity contribution in [2.24, 2.45) is 0 Å². The molecule has 0 aliphatic heterocycles. The summed E-state index contributed by atoms with van der Waals surface area (Å²) >= 11 is 0. The molecule has 48 heavy (non-hydrogen) atoms. The van der Waals surface area contributed by atoms with Gasteiger partial charge in [-0.05, 0) is 59.0 Å². The third-order valence-corrected chi connectivity index (χ3v) is 8.32. The van der Waals surface area contributed by atoms with Gasteiger partial charge in [0.25, 0.3) is 0 Å². The number of rotatable bonds is 6. The first-order valence-corrected chi connectivity index (χ1v) is 16.0. The van der Waals surface area contributed by atoms with Crippen molar-refractivity contribution in [2.75, 3.05) is 0 Å². The first-order chi connectivity index (χ1) is 23.0. The molecule has 0 bridgehead atoms. The minimum atomic E-state index is 0. The van der Waals surface area contributed by atoms with Crippen LogP contribution in [0, 0.1) is 12.3 Å². The van der Waals surface area contributed by atoms with Gasteiger partial charge in [0.05, 0.1) is 23.1 Å². The Kier molecular flexibility index (Phi) is 9.86. The Hall–Kier alpha value is -5.03. The second kappa shape index (κ2) is 14.4. The van der Waals surface area contributed by atoms with Crippen LogP contribution in [0.3, 0.4) is 0 Å². The maximum Gasteiger partial charge on any atom is 0.133 e. The summed E-state index contributed by atoms with van der Waals surface area (Å²) in [5, 5.41) is 0.962. The number of fused-ring (bicyclic) bond motifs is 2. The smallest absolute Gasteiger partial charge is 0.133 e. The molecular weight excluding hydrogens is 771 g/mol. The number of hydrogen-bond acceptors (Lipinski definition) is 4. The standard InChI is InChI=1S/C31H27N2O2.C11H8N.Ir/c1-19(2)22-9-7-10-23(20(3)4)30(22)33-27-12-6-5-11-26(27)32-31(33)25-18-35-29-15-14-21(17-24(25)29)28-13-8-16-34-28;1-2-6-10(7-3-1)11-8-4-5-9-12-11;/h5-17,19-20H,1-4H3;1-6,8-9H;/q2*-1;. The zero-order valence-electron chi connectivity index (χ0n) is 27.3. The van der Waals surface area contributed by atoms with Crippen molar-refractivity contribution in [2.45, 2.75) is 39.5 Å². The van der Waals surface area contributed by atoms with E-state index < -0.39 is 0 Å². The summed E-state index contributed by atoms with van der Waals surface area (Å²) in [7, 11) is 0. The molecule has 4 aromatic carbocycles. The zero-order chi connectivity index (χ0) is 32.3. The van der Waals surface area contributed by atoms with Gasteiger partial charge in [-0.15, -0.1) is 35.9 Å². The zero-order valence-corrected chi connectivity index (χ0v) is 29.7. The normalized spacial score (nSPS) is 11.1. The summed E-state index contributed by atoms with van der Waals surface area (Å²) in [6.45, 7) is 8.99. The molecule has 4 aromatic heterocycles. The monoisotopic (exact) mass is 806 g/mol. The van der Waals surface area contributed by atoms with Crippen molar-refractivity contribution in [1.29, 1.82) is 0 Å². The molecule has 8 rings (SSSR count). The molecule has 0 aliphatic carbocycles. The van der Waals surface area contributed by atoms with Crippen LogP contribution in [0.2, 0.25) is 0 Å². The summed E-state index contributed by atoms with van der Waals surface area (Å²) in [5.41, 5.74) is 10.4. The summed E-state index contributed by atoms with van der Waals surface area (Å²) in [5.74, 6) is 2.36. The van der Waals surface area contributed by atoms with Gasteiger partial charge in [-0.1, -0.05) is 99.3 Å². The molecule has 0 N–H and O–H groups in total. The minimum Gasteiger partial charge on any atom is -0.557 e. The predicted octanol–water partition coefficient (Wildman–Crippen LogP) is 11.3. The van der Waals surface area contributed by atoms with Crippen LogP contribution in [-0.2, 0) is 20.1 Å². The van der Waals surface area contributed by atoms with Gasteiger partial charge >= 0.3 is 0 Å². The Morgan fingerprint density at radius 1 is 0.750 bits per heavy atom. The molecule has 0 spiro atoms. The summed E-state index contributed by atoms with van der Waals surface area (Å²) < 4.78 is 13.9. The van der Waals surface area contributed by atoms with Crippen LogP contribution in [0.4, 0.5) is 0 Å². The quantitative estimate of drug-likeness (QED) is 0.157. The molecule has 0 saturated heterocycles. The Labute approximate surface area is 294 Å². The van der Waals surface area contributed by atoms with Gasteiger partial charge in [0.15, 0.2) is 0 Å². The molecule has 5 nitrogen and oxygen atoms in total. The molecule has 0 saturated carbocycles. The second-order valence-corrected chi connectivity index (χ2v) is 12.1. The molecule has 6 heteroatoms. The van der Waals surface area contributed by atoms with Crippen LogP contribution in [0.15, 0.2) is 137 Å². The van der Waals surface area contributed by atoms with Crippen molar-refractivity contribution in [1.82, 2.24) is 14.5 Å². The number of pyridine rings is 1. The van der Waals surface area contributed by atoms with Crippen molar-refractivity contribution in [3.05, 3.63) is 151 Å². The molecule has 8 aromatic rings. The van der Waals surface area contributed by atoms with E-state index >= 15 is 0 Å². The van der Waals surface area contributed by atoms with Gasteiger partial charge in [0, 0.05) is 49.4 Å². The van der Waals surface area contributed by atoms with E-state index in [0.29, 0.717) is 11.8 Å². The Balaban J connectivity index is 0.000000260. The molecule has 0 fully saturated rings. The van der Waals surface area contributed by atoms with Crippen LogP contribution in [0.5, 0.6) is 0 Å². The summed E-state index contributed by atoms with van der Waals surface area (Å²) in [6, 6.07) is 41.7. The summed E-state index contributed by atoms with van der Waals surface area (Å²) in [4.78, 5) is 9.34. The predicted molar refractivity (Wildman–Crippen MR) is 190 cm³/mol. The molecular formula is C42H35IrN3O2-2.